The van der Waals surface area contributed by atoms with E-state index in [0.717, 1.165) is 15.8 Å². The molecule has 2 aromatic carbocycles. The smallest absolute Gasteiger partial charge is 0.0417 e. The quantitative estimate of drug-likeness (QED) is 0.776. The van der Waals surface area contributed by atoms with Crippen LogP contribution in [0.25, 0.3) is 0 Å². The molecule has 4 heteroatoms. The Bertz CT molecular complexity index is 545. The molecule has 1 unspecified atom stereocenters. The van der Waals surface area contributed by atoms with Gasteiger partial charge >= 0.3 is 0 Å². The molecule has 0 saturated carbocycles. The minimum Gasteiger partial charge on any atom is -0.312 e. The van der Waals surface area contributed by atoms with E-state index in [1.54, 1.807) is 11.8 Å². The fourth-order valence-corrected chi connectivity index (χ4v) is 3.36. The van der Waals surface area contributed by atoms with E-state index in [1.165, 1.54) is 10.5 Å². The van der Waals surface area contributed by atoms with Crippen LogP contribution in [0.2, 0.25) is 10.0 Å². The maximum absolute atomic E-state index is 6.03. The van der Waals surface area contributed by atoms with Crippen molar-refractivity contribution in [3.05, 3.63) is 64.1 Å². The van der Waals surface area contributed by atoms with Gasteiger partial charge in [0.25, 0.3) is 0 Å². The van der Waals surface area contributed by atoms with Crippen LogP contribution in [-0.2, 0) is 0 Å². The lowest BCUT2D eigenvalue weighted by Crippen LogP contribution is -2.18. The Morgan fingerprint density at radius 3 is 2.37 bits per heavy atom. The van der Waals surface area contributed by atoms with Gasteiger partial charge in [0.15, 0.2) is 0 Å². The van der Waals surface area contributed by atoms with Crippen LogP contribution in [0.15, 0.2) is 53.4 Å². The lowest BCUT2D eigenvalue weighted by molar-refractivity contribution is 0.662. The number of hydrogen-bond donors (Lipinski definition) is 1. The summed E-state index contributed by atoms with van der Waals surface area (Å²) in [6, 6.07) is 16.1. The van der Waals surface area contributed by atoms with Crippen molar-refractivity contribution >= 4 is 35.0 Å². The molecule has 100 valence electrons. The lowest BCUT2D eigenvalue weighted by Gasteiger charge is -2.16. The topological polar surface area (TPSA) is 12.0 Å². The molecule has 0 aliphatic heterocycles. The van der Waals surface area contributed by atoms with Crippen molar-refractivity contribution in [2.45, 2.75) is 10.9 Å². The van der Waals surface area contributed by atoms with Crippen molar-refractivity contribution in [3.8, 4) is 0 Å². The van der Waals surface area contributed by atoms with E-state index in [4.69, 9.17) is 23.2 Å². The average Bonchev–Trinajstić information content (AvgIpc) is 2.40. The van der Waals surface area contributed by atoms with E-state index in [0.29, 0.717) is 0 Å². The first-order valence-electron chi connectivity index (χ1n) is 6.00. The first-order chi connectivity index (χ1) is 9.19. The summed E-state index contributed by atoms with van der Waals surface area (Å²) < 4.78 is 0. The van der Waals surface area contributed by atoms with Gasteiger partial charge in [-0.2, -0.15) is 0 Å². The third kappa shape index (κ3) is 4.43. The molecule has 0 spiro atoms. The van der Waals surface area contributed by atoms with Gasteiger partial charge in [-0.05, 0) is 42.9 Å². The summed E-state index contributed by atoms with van der Waals surface area (Å²) >= 11 is 13.8. The minimum absolute atomic E-state index is 0.266. The highest BCUT2D eigenvalue weighted by molar-refractivity contribution is 7.99. The van der Waals surface area contributed by atoms with Gasteiger partial charge in [0.1, 0.15) is 0 Å². The summed E-state index contributed by atoms with van der Waals surface area (Å²) in [7, 11) is 1.96. The van der Waals surface area contributed by atoms with Crippen molar-refractivity contribution in [1.29, 1.82) is 0 Å². The van der Waals surface area contributed by atoms with Gasteiger partial charge in [-0.3, -0.25) is 0 Å². The molecule has 0 radical (unpaired) electrons. The maximum atomic E-state index is 6.03. The predicted octanol–water partition coefficient (Wildman–Crippen LogP) is 5.05. The van der Waals surface area contributed by atoms with Crippen molar-refractivity contribution in [2.24, 2.45) is 0 Å². The third-order valence-corrected chi connectivity index (χ3v) is 4.37. The van der Waals surface area contributed by atoms with Crippen molar-refractivity contribution in [2.75, 3.05) is 12.8 Å². The molecule has 0 aliphatic carbocycles. The maximum Gasteiger partial charge on any atom is 0.0417 e. The standard InChI is InChI=1S/C15H15Cl2NS/c1-18-15(11-4-2-5-12(16)8-11)10-19-14-7-3-6-13(17)9-14/h2-9,15,18H,10H2,1H3. The fourth-order valence-electron chi connectivity index (χ4n) is 1.81. The minimum atomic E-state index is 0.266. The molecule has 1 N–H and O–H groups in total. The Morgan fingerprint density at radius 1 is 1.05 bits per heavy atom. The highest BCUT2D eigenvalue weighted by atomic mass is 35.5. The molecule has 1 nitrogen and oxygen atoms in total. The molecule has 0 aliphatic rings. The van der Waals surface area contributed by atoms with Crippen molar-refractivity contribution in [1.82, 2.24) is 5.32 Å². The first kappa shape index (κ1) is 14.7. The highest BCUT2D eigenvalue weighted by Crippen LogP contribution is 2.27. The molecule has 2 rings (SSSR count). The molecule has 0 fully saturated rings. The van der Waals surface area contributed by atoms with Crippen LogP contribution < -0.4 is 5.32 Å². The number of rotatable bonds is 5. The number of halogens is 2. The van der Waals surface area contributed by atoms with Crippen molar-refractivity contribution in [3.63, 3.8) is 0 Å². The molecule has 19 heavy (non-hydrogen) atoms. The van der Waals surface area contributed by atoms with Gasteiger partial charge in [0.05, 0.1) is 0 Å². The van der Waals surface area contributed by atoms with E-state index in [-0.39, 0.29) is 6.04 Å². The van der Waals surface area contributed by atoms with Gasteiger partial charge in [-0.25, -0.2) is 0 Å². The Balaban J connectivity index is 2.04. The molecule has 0 heterocycles. The van der Waals surface area contributed by atoms with E-state index in [2.05, 4.69) is 17.4 Å². The van der Waals surface area contributed by atoms with Crippen LogP contribution in [0.4, 0.5) is 0 Å². The van der Waals surface area contributed by atoms with Crippen LogP contribution in [0, 0.1) is 0 Å². The zero-order valence-corrected chi connectivity index (χ0v) is 12.9. The number of benzene rings is 2. The molecule has 0 amide bonds. The molecule has 0 bridgehead atoms. The van der Waals surface area contributed by atoms with E-state index < -0.39 is 0 Å². The highest BCUT2D eigenvalue weighted by Gasteiger charge is 2.10. The predicted molar refractivity (Wildman–Crippen MR) is 85.4 cm³/mol. The van der Waals surface area contributed by atoms with Crippen LogP contribution in [0.5, 0.6) is 0 Å². The second kappa shape index (κ2) is 7.20. The van der Waals surface area contributed by atoms with Gasteiger partial charge in [0, 0.05) is 26.7 Å². The number of nitrogens with one attached hydrogen (secondary N) is 1. The summed E-state index contributed by atoms with van der Waals surface area (Å²) in [6.45, 7) is 0. The van der Waals surface area contributed by atoms with Crippen LogP contribution in [0.3, 0.4) is 0 Å². The lowest BCUT2D eigenvalue weighted by atomic mass is 10.1. The second-order valence-electron chi connectivity index (χ2n) is 4.16. The fraction of sp³-hybridized carbons (Fsp3) is 0.200. The van der Waals surface area contributed by atoms with Gasteiger partial charge < -0.3 is 5.32 Å². The van der Waals surface area contributed by atoms with E-state index >= 15 is 0 Å². The summed E-state index contributed by atoms with van der Waals surface area (Å²) in [6.07, 6.45) is 0. The Labute approximate surface area is 128 Å². The Hall–Kier alpha value is -0.670. The molecule has 0 saturated heterocycles. The van der Waals surface area contributed by atoms with Gasteiger partial charge in [-0.1, -0.05) is 41.4 Å². The summed E-state index contributed by atoms with van der Waals surface area (Å²) in [5.41, 5.74) is 1.20. The monoisotopic (exact) mass is 311 g/mol. The SMILES string of the molecule is CNC(CSc1cccc(Cl)c1)c1cccc(Cl)c1. The number of thioether (sulfide) groups is 1. The molecule has 1 atom stereocenters. The second-order valence-corrected chi connectivity index (χ2v) is 6.13. The molecular formula is C15H15Cl2NS. The van der Waals surface area contributed by atoms with Gasteiger partial charge in [0.2, 0.25) is 0 Å². The molecular weight excluding hydrogens is 297 g/mol. The summed E-state index contributed by atoms with van der Waals surface area (Å²) in [4.78, 5) is 1.18. The Kier molecular flexibility index (Phi) is 5.59. The zero-order valence-electron chi connectivity index (χ0n) is 10.6. The largest absolute Gasteiger partial charge is 0.312 e. The summed E-state index contributed by atoms with van der Waals surface area (Å²) in [5, 5.41) is 4.86. The average molecular weight is 312 g/mol. The number of hydrogen-bond acceptors (Lipinski definition) is 2. The summed E-state index contributed by atoms with van der Waals surface area (Å²) in [5.74, 6) is 0.928. The van der Waals surface area contributed by atoms with Crippen LogP contribution in [0.1, 0.15) is 11.6 Å². The van der Waals surface area contributed by atoms with E-state index in [9.17, 15) is 0 Å². The normalized spacial score (nSPS) is 12.4. The van der Waals surface area contributed by atoms with Crippen LogP contribution in [-0.4, -0.2) is 12.8 Å². The Morgan fingerprint density at radius 2 is 1.74 bits per heavy atom. The first-order valence-corrected chi connectivity index (χ1v) is 7.74. The van der Waals surface area contributed by atoms with Gasteiger partial charge in [-0.15, -0.1) is 11.8 Å². The molecule has 0 aromatic heterocycles. The third-order valence-electron chi connectivity index (χ3n) is 2.81. The van der Waals surface area contributed by atoms with E-state index in [1.807, 2.05) is 43.4 Å². The zero-order chi connectivity index (χ0) is 13.7. The van der Waals surface area contributed by atoms with Crippen molar-refractivity contribution < 1.29 is 0 Å². The van der Waals surface area contributed by atoms with Crippen LogP contribution >= 0.6 is 35.0 Å². The molecule has 2 aromatic rings.